The number of hydrogen-bond acceptors (Lipinski definition) is 2. The Morgan fingerprint density at radius 3 is 2.36 bits per heavy atom. The van der Waals surface area contributed by atoms with Crippen molar-refractivity contribution >= 4 is 17.5 Å². The fourth-order valence-electron chi connectivity index (χ4n) is 4.15. The molecule has 146 valence electrons. The summed E-state index contributed by atoms with van der Waals surface area (Å²) < 4.78 is 0. The number of carbonyl (C=O) groups excluding carboxylic acids is 2. The summed E-state index contributed by atoms with van der Waals surface area (Å²) in [6, 6.07) is 16.3. The van der Waals surface area contributed by atoms with Crippen LogP contribution in [-0.2, 0) is 9.59 Å². The Kier molecular flexibility index (Phi) is 5.47. The maximum atomic E-state index is 12.8. The average Bonchev–Trinajstić information content (AvgIpc) is 2.67. The van der Waals surface area contributed by atoms with Crippen molar-refractivity contribution < 1.29 is 9.59 Å². The normalized spacial score (nSPS) is 19.8. The molecule has 1 atom stereocenters. The molecule has 4 heteroatoms. The molecule has 1 unspecified atom stereocenters. The highest BCUT2D eigenvalue weighted by molar-refractivity contribution is 5.94. The molecule has 0 spiro atoms. The van der Waals surface area contributed by atoms with Gasteiger partial charge in [-0.2, -0.15) is 0 Å². The van der Waals surface area contributed by atoms with E-state index in [1.165, 1.54) is 5.56 Å². The minimum Gasteiger partial charge on any atom is -0.342 e. The molecule has 2 aliphatic rings. The summed E-state index contributed by atoms with van der Waals surface area (Å²) in [6.07, 6.45) is 4.93. The number of piperidine rings is 1. The van der Waals surface area contributed by atoms with Crippen LogP contribution in [0.25, 0.3) is 11.1 Å². The second kappa shape index (κ2) is 8.17. The molecule has 1 saturated heterocycles. The largest absolute Gasteiger partial charge is 0.342 e. The van der Waals surface area contributed by atoms with E-state index in [-0.39, 0.29) is 23.7 Å². The van der Waals surface area contributed by atoms with Crippen LogP contribution in [0.3, 0.4) is 0 Å². The Morgan fingerprint density at radius 2 is 1.64 bits per heavy atom. The molecule has 1 N–H and O–H groups in total. The summed E-state index contributed by atoms with van der Waals surface area (Å²) in [7, 11) is 0. The molecule has 1 heterocycles. The number of nitrogens with one attached hydrogen (secondary N) is 1. The van der Waals surface area contributed by atoms with Gasteiger partial charge in [0.15, 0.2) is 0 Å². The molecular formula is C24H28N2O2. The third-order valence-corrected chi connectivity index (χ3v) is 6.04. The van der Waals surface area contributed by atoms with Gasteiger partial charge in [-0.25, -0.2) is 0 Å². The van der Waals surface area contributed by atoms with Gasteiger partial charge < -0.3 is 10.2 Å². The smallest absolute Gasteiger partial charge is 0.229 e. The van der Waals surface area contributed by atoms with E-state index in [9.17, 15) is 9.59 Å². The SMILES string of the molecule is Cc1cccc(-c2cccc(NC(=O)C3CCCN(C(=O)C4CCC4)C3)c2)c1. The summed E-state index contributed by atoms with van der Waals surface area (Å²) in [5, 5.41) is 3.08. The third kappa shape index (κ3) is 4.11. The number of benzene rings is 2. The lowest BCUT2D eigenvalue weighted by Crippen LogP contribution is -2.47. The lowest BCUT2D eigenvalue weighted by atomic mass is 9.83. The number of aryl methyl sites for hydroxylation is 1. The number of rotatable bonds is 4. The first-order chi connectivity index (χ1) is 13.6. The maximum Gasteiger partial charge on any atom is 0.229 e. The first kappa shape index (κ1) is 18.7. The number of likely N-dealkylation sites (tertiary alicyclic amines) is 1. The summed E-state index contributed by atoms with van der Waals surface area (Å²) >= 11 is 0. The van der Waals surface area contributed by atoms with Gasteiger partial charge in [-0.3, -0.25) is 9.59 Å². The quantitative estimate of drug-likeness (QED) is 0.845. The molecule has 2 aromatic rings. The zero-order valence-electron chi connectivity index (χ0n) is 16.5. The van der Waals surface area contributed by atoms with Crippen molar-refractivity contribution in [3.63, 3.8) is 0 Å². The second-order valence-electron chi connectivity index (χ2n) is 8.19. The van der Waals surface area contributed by atoms with Gasteiger partial charge in [-0.15, -0.1) is 0 Å². The maximum absolute atomic E-state index is 12.8. The van der Waals surface area contributed by atoms with E-state index in [1.807, 2.05) is 29.2 Å². The highest BCUT2D eigenvalue weighted by Gasteiger charge is 2.34. The van der Waals surface area contributed by atoms with Crippen LogP contribution in [0.5, 0.6) is 0 Å². The highest BCUT2D eigenvalue weighted by Crippen LogP contribution is 2.30. The molecule has 1 aliphatic heterocycles. The second-order valence-corrected chi connectivity index (χ2v) is 8.19. The van der Waals surface area contributed by atoms with Crippen molar-refractivity contribution in [1.82, 2.24) is 4.90 Å². The van der Waals surface area contributed by atoms with Crippen molar-refractivity contribution in [2.45, 2.75) is 39.0 Å². The molecule has 1 aliphatic carbocycles. The standard InChI is InChI=1S/C24H28N2O2/c1-17-6-2-9-19(14-17)20-10-4-12-22(15-20)25-23(27)21-11-5-13-26(16-21)24(28)18-7-3-8-18/h2,4,6,9-10,12,14-15,18,21H,3,5,7-8,11,13,16H2,1H3,(H,25,27). The van der Waals surface area contributed by atoms with Crippen LogP contribution in [0.4, 0.5) is 5.69 Å². The average molecular weight is 377 g/mol. The first-order valence-electron chi connectivity index (χ1n) is 10.4. The summed E-state index contributed by atoms with van der Waals surface area (Å²) in [4.78, 5) is 27.3. The Bertz CT molecular complexity index is 872. The number of anilines is 1. The van der Waals surface area contributed by atoms with E-state index >= 15 is 0 Å². The van der Waals surface area contributed by atoms with Crippen molar-refractivity contribution in [3.8, 4) is 11.1 Å². The molecule has 0 radical (unpaired) electrons. The Hall–Kier alpha value is -2.62. The van der Waals surface area contributed by atoms with Crippen LogP contribution in [0.15, 0.2) is 48.5 Å². The highest BCUT2D eigenvalue weighted by atomic mass is 16.2. The molecular weight excluding hydrogens is 348 g/mol. The predicted molar refractivity (Wildman–Crippen MR) is 112 cm³/mol. The zero-order valence-corrected chi connectivity index (χ0v) is 16.5. The summed E-state index contributed by atoms with van der Waals surface area (Å²) in [5.74, 6) is 0.353. The van der Waals surface area contributed by atoms with Crippen LogP contribution < -0.4 is 5.32 Å². The number of carbonyl (C=O) groups is 2. The number of nitrogens with zero attached hydrogens (tertiary/aromatic N) is 1. The van der Waals surface area contributed by atoms with E-state index in [1.54, 1.807) is 0 Å². The van der Waals surface area contributed by atoms with Crippen molar-refractivity contribution in [2.24, 2.45) is 11.8 Å². The Balaban J connectivity index is 1.42. The van der Waals surface area contributed by atoms with Gasteiger partial charge in [-0.1, -0.05) is 48.4 Å². The van der Waals surface area contributed by atoms with Gasteiger partial charge in [0.2, 0.25) is 11.8 Å². The Morgan fingerprint density at radius 1 is 0.929 bits per heavy atom. The predicted octanol–water partition coefficient (Wildman–Crippen LogP) is 4.64. The third-order valence-electron chi connectivity index (χ3n) is 6.04. The van der Waals surface area contributed by atoms with E-state index in [0.717, 1.165) is 55.5 Å². The number of hydrogen-bond donors (Lipinski definition) is 1. The molecule has 28 heavy (non-hydrogen) atoms. The number of amides is 2. The van der Waals surface area contributed by atoms with E-state index < -0.39 is 0 Å². The fourth-order valence-corrected chi connectivity index (χ4v) is 4.15. The van der Waals surface area contributed by atoms with E-state index in [2.05, 4.69) is 36.5 Å². The van der Waals surface area contributed by atoms with Gasteiger partial charge in [-0.05, 0) is 55.9 Å². The minimum atomic E-state index is -0.125. The van der Waals surface area contributed by atoms with Crippen molar-refractivity contribution in [3.05, 3.63) is 54.1 Å². The van der Waals surface area contributed by atoms with Crippen LogP contribution in [-0.4, -0.2) is 29.8 Å². The van der Waals surface area contributed by atoms with Gasteiger partial charge in [0.25, 0.3) is 0 Å². The minimum absolute atomic E-state index is 0.0208. The van der Waals surface area contributed by atoms with Gasteiger partial charge in [0.05, 0.1) is 5.92 Å². The molecule has 0 bridgehead atoms. The van der Waals surface area contributed by atoms with Crippen LogP contribution in [0.1, 0.15) is 37.7 Å². The topological polar surface area (TPSA) is 49.4 Å². The molecule has 2 aromatic carbocycles. The van der Waals surface area contributed by atoms with Crippen molar-refractivity contribution in [2.75, 3.05) is 18.4 Å². The van der Waals surface area contributed by atoms with E-state index in [4.69, 9.17) is 0 Å². The zero-order chi connectivity index (χ0) is 19.5. The summed E-state index contributed by atoms with van der Waals surface area (Å²) in [5.41, 5.74) is 4.26. The molecule has 1 saturated carbocycles. The molecule has 4 nitrogen and oxygen atoms in total. The Labute approximate surface area is 166 Å². The van der Waals surface area contributed by atoms with E-state index in [0.29, 0.717) is 6.54 Å². The lowest BCUT2D eigenvalue weighted by molar-refractivity contribution is -0.141. The molecule has 2 fully saturated rings. The first-order valence-corrected chi connectivity index (χ1v) is 10.4. The van der Waals surface area contributed by atoms with Gasteiger partial charge in [0.1, 0.15) is 0 Å². The van der Waals surface area contributed by atoms with Crippen LogP contribution in [0, 0.1) is 18.8 Å². The molecule has 2 amide bonds. The monoisotopic (exact) mass is 376 g/mol. The summed E-state index contributed by atoms with van der Waals surface area (Å²) in [6.45, 7) is 3.43. The van der Waals surface area contributed by atoms with Gasteiger partial charge >= 0.3 is 0 Å². The van der Waals surface area contributed by atoms with Crippen LogP contribution in [0.2, 0.25) is 0 Å². The lowest BCUT2D eigenvalue weighted by Gasteiger charge is -2.36. The molecule has 4 rings (SSSR count). The van der Waals surface area contributed by atoms with Gasteiger partial charge in [0, 0.05) is 24.7 Å². The molecule has 0 aromatic heterocycles. The van der Waals surface area contributed by atoms with Crippen LogP contribution >= 0.6 is 0 Å². The fraction of sp³-hybridized carbons (Fsp3) is 0.417. The van der Waals surface area contributed by atoms with Crippen molar-refractivity contribution in [1.29, 1.82) is 0 Å².